The number of nitro benzene ring substituents is 1. The Morgan fingerprint density at radius 2 is 1.56 bits per heavy atom. The van der Waals surface area contributed by atoms with Gasteiger partial charge in [0.25, 0.3) is 0 Å². The van der Waals surface area contributed by atoms with Crippen molar-refractivity contribution in [2.75, 3.05) is 19.8 Å². The molecule has 1 aliphatic rings. The number of hydrogen-bond donors (Lipinski definition) is 1. The lowest BCUT2D eigenvalue weighted by Gasteiger charge is -2.42. The zero-order valence-corrected chi connectivity index (χ0v) is 21.1. The monoisotopic (exact) mass is 551 g/mol. The van der Waals surface area contributed by atoms with Crippen LogP contribution in [-0.2, 0) is 39.8 Å². The number of esters is 1. The number of ether oxygens (including phenoxy) is 7. The van der Waals surface area contributed by atoms with Crippen LogP contribution < -0.4 is 4.74 Å². The molecule has 212 valence electrons. The third-order valence-corrected chi connectivity index (χ3v) is 5.19. The fourth-order valence-electron chi connectivity index (χ4n) is 3.43. The molecule has 0 saturated carbocycles. The molecule has 0 spiro atoms. The molecule has 5 atom stereocenters. The molecule has 1 heterocycles. The Labute approximate surface area is 223 Å². The molecule has 0 radical (unpaired) electrons. The molecule has 0 amide bonds. The van der Waals surface area contributed by atoms with Crippen molar-refractivity contribution in [3.8, 4) is 5.75 Å². The lowest BCUT2D eigenvalue weighted by Crippen LogP contribution is -2.60. The van der Waals surface area contributed by atoms with Gasteiger partial charge in [-0.15, -0.1) is 0 Å². The van der Waals surface area contributed by atoms with Crippen LogP contribution in [0, 0.1) is 16.0 Å². The Morgan fingerprint density at radius 1 is 1.00 bits per heavy atom. The van der Waals surface area contributed by atoms with Crippen LogP contribution in [0.15, 0.2) is 56.2 Å². The molecule has 0 aromatic heterocycles. The number of nitrogens with zero attached hydrogens (tertiary/aromatic N) is 1. The minimum atomic E-state index is -1.75. The van der Waals surface area contributed by atoms with Crippen molar-refractivity contribution in [2.24, 2.45) is 5.92 Å². The molecular formula is C25H29NO13. The minimum absolute atomic E-state index is 0.175. The van der Waals surface area contributed by atoms with Crippen molar-refractivity contribution in [1.82, 2.24) is 0 Å². The molecule has 0 aliphatic carbocycles. The van der Waals surface area contributed by atoms with E-state index in [2.05, 4.69) is 19.7 Å². The Bertz CT molecular complexity index is 1070. The maximum atomic E-state index is 12.8. The maximum Gasteiger partial charge on any atom is 0.509 e. The molecule has 0 bridgehead atoms. The van der Waals surface area contributed by atoms with Gasteiger partial charge >= 0.3 is 24.0 Å². The van der Waals surface area contributed by atoms with Gasteiger partial charge < -0.3 is 38.3 Å². The van der Waals surface area contributed by atoms with Crippen LogP contribution in [0.4, 0.5) is 15.3 Å². The van der Waals surface area contributed by atoms with Crippen LogP contribution in [0.2, 0.25) is 0 Å². The van der Waals surface area contributed by atoms with Crippen molar-refractivity contribution in [2.45, 2.75) is 38.1 Å². The number of hydrogen-bond acceptors (Lipinski definition) is 13. The SMILES string of the molecule is C=CCOC(=O)O[C@H]1[C@H](Oc2ccc(CO)cc2[N+](=O)[O-])O[C@H](C(=O)OCC=C)[C@@H](C)[C@@H]1OC(=O)OCC=C. The average Bonchev–Trinajstić information content (AvgIpc) is 2.92. The number of nitro groups is 1. The van der Waals surface area contributed by atoms with Gasteiger partial charge in [0, 0.05) is 12.0 Å². The predicted molar refractivity (Wildman–Crippen MR) is 131 cm³/mol. The standard InChI is InChI=1S/C25H29NO13/c1-5-10-33-22(28)20-15(4)19(38-24(29)34-11-6-2)21(39-25(30)35-12-7-3)23(37-20)36-18-9-8-16(14-27)13-17(18)26(31)32/h5-9,13,15,19-21,23,27H,1-3,10-12,14H2,4H3/t15-,19-,20-,21+,23+/m0/s1. The smallest absolute Gasteiger partial charge is 0.460 e. The second kappa shape index (κ2) is 15.1. The van der Waals surface area contributed by atoms with E-state index in [4.69, 9.17) is 33.2 Å². The summed E-state index contributed by atoms with van der Waals surface area (Å²) >= 11 is 0. The molecule has 2 rings (SSSR count). The van der Waals surface area contributed by atoms with Crippen molar-refractivity contribution < 1.29 is 57.6 Å². The summed E-state index contributed by atoms with van der Waals surface area (Å²) in [7, 11) is 0. The van der Waals surface area contributed by atoms with Crippen LogP contribution in [0.5, 0.6) is 5.75 Å². The summed E-state index contributed by atoms with van der Waals surface area (Å²) in [6, 6.07) is 3.58. The average molecular weight is 552 g/mol. The fourth-order valence-corrected chi connectivity index (χ4v) is 3.43. The van der Waals surface area contributed by atoms with E-state index in [1.807, 2.05) is 0 Å². The van der Waals surface area contributed by atoms with Gasteiger partial charge in [-0.3, -0.25) is 10.1 Å². The van der Waals surface area contributed by atoms with Crippen molar-refractivity contribution in [3.63, 3.8) is 0 Å². The Balaban J connectivity index is 2.53. The Kier molecular flexibility index (Phi) is 11.9. The summed E-state index contributed by atoms with van der Waals surface area (Å²) in [4.78, 5) is 48.4. The van der Waals surface area contributed by atoms with E-state index < -0.39 is 66.0 Å². The third kappa shape index (κ3) is 8.55. The first-order chi connectivity index (χ1) is 18.7. The quantitative estimate of drug-likeness (QED) is 0.124. The number of carbonyl (C=O) groups is 3. The highest BCUT2D eigenvalue weighted by Crippen LogP contribution is 2.36. The number of rotatable bonds is 13. The molecule has 1 N–H and O–H groups in total. The molecule has 14 nitrogen and oxygen atoms in total. The molecule has 1 aromatic carbocycles. The largest absolute Gasteiger partial charge is 0.509 e. The molecule has 1 fully saturated rings. The Morgan fingerprint density at radius 3 is 2.10 bits per heavy atom. The number of carbonyl (C=O) groups excluding carboxylic acids is 3. The first-order valence-corrected chi connectivity index (χ1v) is 11.5. The molecule has 1 aliphatic heterocycles. The van der Waals surface area contributed by atoms with Crippen LogP contribution in [-0.4, -0.2) is 72.7 Å². The predicted octanol–water partition coefficient (Wildman–Crippen LogP) is 2.97. The normalized spacial score (nSPS) is 21.9. The second-order valence-corrected chi connectivity index (χ2v) is 7.90. The van der Waals surface area contributed by atoms with Crippen LogP contribution in [0.25, 0.3) is 0 Å². The molecule has 39 heavy (non-hydrogen) atoms. The second-order valence-electron chi connectivity index (χ2n) is 7.90. The molecule has 14 heteroatoms. The molecule has 1 aromatic rings. The lowest BCUT2D eigenvalue weighted by atomic mass is 9.90. The highest BCUT2D eigenvalue weighted by molar-refractivity contribution is 5.75. The van der Waals surface area contributed by atoms with E-state index in [1.54, 1.807) is 0 Å². The van der Waals surface area contributed by atoms with E-state index in [9.17, 15) is 29.6 Å². The maximum absolute atomic E-state index is 12.8. The third-order valence-electron chi connectivity index (χ3n) is 5.19. The summed E-state index contributed by atoms with van der Waals surface area (Å²) in [5.74, 6) is -2.28. The van der Waals surface area contributed by atoms with Gasteiger partial charge in [-0.2, -0.15) is 0 Å². The Hall–Kier alpha value is -4.43. The van der Waals surface area contributed by atoms with E-state index in [0.717, 1.165) is 6.07 Å². The molecule has 1 saturated heterocycles. The zero-order chi connectivity index (χ0) is 28.9. The lowest BCUT2D eigenvalue weighted by molar-refractivity contribution is -0.387. The van der Waals surface area contributed by atoms with E-state index >= 15 is 0 Å². The van der Waals surface area contributed by atoms with Crippen molar-refractivity contribution in [3.05, 3.63) is 71.8 Å². The van der Waals surface area contributed by atoms with Crippen LogP contribution in [0.3, 0.4) is 0 Å². The summed E-state index contributed by atoms with van der Waals surface area (Å²) < 4.78 is 37.0. The van der Waals surface area contributed by atoms with Crippen molar-refractivity contribution in [1.29, 1.82) is 0 Å². The van der Waals surface area contributed by atoms with E-state index in [-0.39, 0.29) is 31.1 Å². The van der Waals surface area contributed by atoms with Gasteiger partial charge in [-0.25, -0.2) is 14.4 Å². The fraction of sp³-hybridized carbons (Fsp3) is 0.400. The van der Waals surface area contributed by atoms with Crippen LogP contribution in [0.1, 0.15) is 12.5 Å². The van der Waals surface area contributed by atoms with E-state index in [1.165, 1.54) is 37.3 Å². The number of aliphatic hydroxyl groups is 1. The summed E-state index contributed by atoms with van der Waals surface area (Å²) in [6.07, 6.45) is -4.84. The van der Waals surface area contributed by atoms with Gasteiger partial charge in [0.15, 0.2) is 18.0 Å². The molecule has 0 unspecified atom stereocenters. The van der Waals surface area contributed by atoms with E-state index in [0.29, 0.717) is 0 Å². The van der Waals surface area contributed by atoms with Gasteiger partial charge in [-0.1, -0.05) is 51.0 Å². The topological polar surface area (TPSA) is 179 Å². The van der Waals surface area contributed by atoms with Gasteiger partial charge in [0.05, 0.1) is 11.5 Å². The number of aliphatic hydroxyl groups excluding tert-OH is 1. The van der Waals surface area contributed by atoms with Gasteiger partial charge in [0.1, 0.15) is 19.8 Å². The first-order valence-electron chi connectivity index (χ1n) is 11.5. The van der Waals surface area contributed by atoms with Gasteiger partial charge in [-0.05, 0) is 11.6 Å². The first kappa shape index (κ1) is 30.8. The zero-order valence-electron chi connectivity index (χ0n) is 21.1. The van der Waals surface area contributed by atoms with Crippen molar-refractivity contribution >= 4 is 24.0 Å². The summed E-state index contributed by atoms with van der Waals surface area (Å²) in [5.41, 5.74) is -0.351. The minimum Gasteiger partial charge on any atom is -0.460 e. The van der Waals surface area contributed by atoms with Crippen LogP contribution >= 0.6 is 0 Å². The summed E-state index contributed by atoms with van der Waals surface area (Å²) in [5, 5.41) is 21.0. The summed E-state index contributed by atoms with van der Waals surface area (Å²) in [6.45, 7) is 10.7. The molecular weight excluding hydrogens is 522 g/mol. The highest BCUT2D eigenvalue weighted by atomic mass is 16.8. The highest BCUT2D eigenvalue weighted by Gasteiger charge is 2.53. The van der Waals surface area contributed by atoms with Gasteiger partial charge in [0.2, 0.25) is 12.4 Å². The number of benzene rings is 1.